The molecular weight excluding hydrogens is 278 g/mol. The molecule has 1 nitrogen and oxygen atoms in total. The third-order valence-corrected chi connectivity index (χ3v) is 5.08. The van der Waals surface area contributed by atoms with Crippen LogP contribution in [-0.4, -0.2) is 4.57 Å². The second kappa shape index (κ2) is 6.08. The number of hydrogen-bond donors (Lipinski definition) is 0. The summed E-state index contributed by atoms with van der Waals surface area (Å²) in [5, 5.41) is 0. The molecule has 0 aliphatic heterocycles. The lowest BCUT2D eigenvalue weighted by Gasteiger charge is -2.23. The van der Waals surface area contributed by atoms with Gasteiger partial charge in [-0.1, -0.05) is 60.7 Å². The van der Waals surface area contributed by atoms with Gasteiger partial charge in [-0.2, -0.15) is 0 Å². The Bertz CT molecular complexity index is 784. The fraction of sp³-hybridized carbons (Fsp3) is 0.273. The zero-order valence-electron chi connectivity index (χ0n) is 13.7. The van der Waals surface area contributed by atoms with Crippen molar-refractivity contribution in [2.24, 2.45) is 0 Å². The van der Waals surface area contributed by atoms with Crippen molar-refractivity contribution in [3.05, 3.63) is 83.6 Å². The quantitative estimate of drug-likeness (QED) is 0.589. The van der Waals surface area contributed by atoms with Crippen LogP contribution >= 0.6 is 0 Å². The minimum absolute atomic E-state index is 0.369. The monoisotopic (exact) mass is 301 g/mol. The van der Waals surface area contributed by atoms with Gasteiger partial charge in [0, 0.05) is 11.4 Å². The van der Waals surface area contributed by atoms with Crippen molar-refractivity contribution < 1.29 is 0 Å². The maximum Gasteiger partial charge on any atom is 0.0560 e. The molecule has 0 saturated carbocycles. The second-order valence-electron chi connectivity index (χ2n) is 6.53. The molecule has 2 aromatic carbocycles. The molecule has 4 rings (SSSR count). The van der Waals surface area contributed by atoms with Crippen molar-refractivity contribution in [3.63, 3.8) is 0 Å². The molecule has 0 amide bonds. The molecule has 1 heterocycles. The van der Waals surface area contributed by atoms with E-state index in [2.05, 4.69) is 78.2 Å². The van der Waals surface area contributed by atoms with Crippen LogP contribution in [0.4, 0.5) is 0 Å². The highest BCUT2D eigenvalue weighted by Crippen LogP contribution is 2.35. The van der Waals surface area contributed by atoms with E-state index >= 15 is 0 Å². The highest BCUT2D eigenvalue weighted by molar-refractivity contribution is 5.63. The second-order valence-corrected chi connectivity index (χ2v) is 6.53. The molecule has 3 aromatic rings. The van der Waals surface area contributed by atoms with Crippen molar-refractivity contribution in [1.29, 1.82) is 0 Å². The van der Waals surface area contributed by atoms with Crippen LogP contribution in [0.25, 0.3) is 11.3 Å². The Morgan fingerprint density at radius 1 is 0.826 bits per heavy atom. The zero-order chi connectivity index (χ0) is 15.6. The van der Waals surface area contributed by atoms with Crippen LogP contribution < -0.4 is 0 Å². The fourth-order valence-electron chi connectivity index (χ4n) is 3.88. The van der Waals surface area contributed by atoms with Crippen LogP contribution in [0.3, 0.4) is 0 Å². The molecule has 1 atom stereocenters. The normalized spacial score (nSPS) is 15.2. The van der Waals surface area contributed by atoms with Gasteiger partial charge < -0.3 is 4.57 Å². The van der Waals surface area contributed by atoms with Crippen molar-refractivity contribution in [3.8, 4) is 11.3 Å². The van der Waals surface area contributed by atoms with E-state index in [4.69, 9.17) is 0 Å². The third kappa shape index (κ3) is 2.61. The molecule has 0 saturated heterocycles. The molecule has 1 aliphatic rings. The summed E-state index contributed by atoms with van der Waals surface area (Å²) in [7, 11) is 0. The SMILES string of the molecule is C[C@H](c1ccccc1)n1c(-c2ccccc2)cc2c1CCCC2. The van der Waals surface area contributed by atoms with Crippen LogP contribution in [-0.2, 0) is 12.8 Å². The largest absolute Gasteiger partial charge is 0.337 e. The van der Waals surface area contributed by atoms with Crippen LogP contribution in [0, 0.1) is 0 Å². The van der Waals surface area contributed by atoms with Crippen molar-refractivity contribution >= 4 is 0 Å². The highest BCUT2D eigenvalue weighted by Gasteiger charge is 2.22. The molecule has 1 aliphatic carbocycles. The standard InChI is InChI=1S/C22H23N/c1-17(18-10-4-2-5-11-18)23-21-15-9-8-14-20(21)16-22(23)19-12-6-3-7-13-19/h2-7,10-13,16-17H,8-9,14-15H2,1H3/t17-/m1/s1. The maximum atomic E-state index is 2.58. The van der Waals surface area contributed by atoms with Gasteiger partial charge in [-0.05, 0) is 55.4 Å². The minimum atomic E-state index is 0.369. The number of rotatable bonds is 3. The summed E-state index contributed by atoms with van der Waals surface area (Å²) < 4.78 is 2.58. The lowest BCUT2D eigenvalue weighted by Crippen LogP contribution is -2.14. The Kier molecular flexibility index (Phi) is 3.78. The first kappa shape index (κ1) is 14.3. The number of hydrogen-bond acceptors (Lipinski definition) is 0. The molecule has 0 spiro atoms. The number of aryl methyl sites for hydroxylation is 1. The topological polar surface area (TPSA) is 4.93 Å². The fourth-order valence-corrected chi connectivity index (χ4v) is 3.88. The van der Waals surface area contributed by atoms with Gasteiger partial charge in [0.25, 0.3) is 0 Å². The predicted molar refractivity (Wildman–Crippen MR) is 96.8 cm³/mol. The Labute approximate surface area is 138 Å². The number of nitrogens with zero attached hydrogens (tertiary/aromatic N) is 1. The first-order valence-corrected chi connectivity index (χ1v) is 8.68. The van der Waals surface area contributed by atoms with E-state index in [0.717, 1.165) is 0 Å². The summed E-state index contributed by atoms with van der Waals surface area (Å²) >= 11 is 0. The van der Waals surface area contributed by atoms with Gasteiger partial charge in [0.15, 0.2) is 0 Å². The summed E-state index contributed by atoms with van der Waals surface area (Å²) in [5.41, 5.74) is 7.18. The van der Waals surface area contributed by atoms with Gasteiger partial charge in [-0.25, -0.2) is 0 Å². The predicted octanol–water partition coefficient (Wildman–Crippen LogP) is 5.64. The van der Waals surface area contributed by atoms with Gasteiger partial charge in [0.2, 0.25) is 0 Å². The van der Waals surface area contributed by atoms with Gasteiger partial charge in [0.05, 0.1) is 6.04 Å². The van der Waals surface area contributed by atoms with E-state index in [9.17, 15) is 0 Å². The molecule has 1 aromatic heterocycles. The molecule has 116 valence electrons. The molecule has 0 bridgehead atoms. The van der Waals surface area contributed by atoms with Crippen molar-refractivity contribution in [2.45, 2.75) is 38.6 Å². The molecule has 23 heavy (non-hydrogen) atoms. The van der Waals surface area contributed by atoms with Crippen molar-refractivity contribution in [2.75, 3.05) is 0 Å². The zero-order valence-corrected chi connectivity index (χ0v) is 13.7. The van der Waals surface area contributed by atoms with E-state index in [1.54, 1.807) is 11.3 Å². The molecule has 1 heteroatoms. The van der Waals surface area contributed by atoms with E-state index < -0.39 is 0 Å². The Hall–Kier alpha value is -2.28. The molecule has 0 radical (unpaired) electrons. The van der Waals surface area contributed by atoms with E-state index in [-0.39, 0.29) is 0 Å². The summed E-state index contributed by atoms with van der Waals surface area (Å²) in [6.45, 7) is 2.33. The Morgan fingerprint density at radius 2 is 1.48 bits per heavy atom. The van der Waals surface area contributed by atoms with Crippen LogP contribution in [0.2, 0.25) is 0 Å². The summed E-state index contributed by atoms with van der Waals surface area (Å²) in [6.07, 6.45) is 5.07. The molecular formula is C22H23N. The maximum absolute atomic E-state index is 2.58. The Balaban J connectivity index is 1.88. The summed E-state index contributed by atoms with van der Waals surface area (Å²) in [4.78, 5) is 0. The van der Waals surface area contributed by atoms with Gasteiger partial charge in [-0.15, -0.1) is 0 Å². The first-order valence-electron chi connectivity index (χ1n) is 8.68. The first-order chi connectivity index (χ1) is 11.3. The number of fused-ring (bicyclic) bond motifs is 1. The average Bonchev–Trinajstić information content (AvgIpc) is 3.02. The smallest absolute Gasteiger partial charge is 0.0560 e. The lowest BCUT2D eigenvalue weighted by molar-refractivity contribution is 0.576. The van der Waals surface area contributed by atoms with E-state index in [1.165, 1.54) is 42.5 Å². The summed E-state index contributed by atoms with van der Waals surface area (Å²) in [6, 6.07) is 24.5. The van der Waals surface area contributed by atoms with E-state index in [0.29, 0.717) is 6.04 Å². The summed E-state index contributed by atoms with van der Waals surface area (Å²) in [5.74, 6) is 0. The Morgan fingerprint density at radius 3 is 2.22 bits per heavy atom. The number of aromatic nitrogens is 1. The van der Waals surface area contributed by atoms with Crippen LogP contribution in [0.1, 0.15) is 42.6 Å². The van der Waals surface area contributed by atoms with Crippen molar-refractivity contribution in [1.82, 2.24) is 4.57 Å². The molecule has 0 unspecified atom stereocenters. The minimum Gasteiger partial charge on any atom is -0.337 e. The van der Waals surface area contributed by atoms with E-state index in [1.807, 2.05) is 0 Å². The third-order valence-electron chi connectivity index (χ3n) is 5.08. The van der Waals surface area contributed by atoms with Gasteiger partial charge in [-0.3, -0.25) is 0 Å². The average molecular weight is 301 g/mol. The van der Waals surface area contributed by atoms with Crippen LogP contribution in [0.15, 0.2) is 66.7 Å². The van der Waals surface area contributed by atoms with Gasteiger partial charge >= 0.3 is 0 Å². The lowest BCUT2D eigenvalue weighted by atomic mass is 9.97. The molecule has 0 N–H and O–H groups in total. The number of benzene rings is 2. The van der Waals surface area contributed by atoms with Crippen LogP contribution in [0.5, 0.6) is 0 Å². The highest BCUT2D eigenvalue weighted by atomic mass is 15.0. The molecule has 0 fully saturated rings. The van der Waals surface area contributed by atoms with Gasteiger partial charge in [0.1, 0.15) is 0 Å².